The molecule has 2 aliphatic rings. The second-order valence-electron chi connectivity index (χ2n) is 9.76. The van der Waals surface area contributed by atoms with Crippen LogP contribution in [0.15, 0.2) is 18.2 Å². The maximum Gasteiger partial charge on any atom is 0.451 e. The van der Waals surface area contributed by atoms with Crippen LogP contribution >= 0.6 is 23.2 Å². The molecule has 0 spiro atoms. The Balaban J connectivity index is 1.46. The number of methoxy groups -OCH3 is 1. The van der Waals surface area contributed by atoms with Crippen molar-refractivity contribution in [1.82, 2.24) is 20.2 Å². The number of piperidine rings is 1. The first-order valence-electron chi connectivity index (χ1n) is 12.7. The molecule has 0 radical (unpaired) electrons. The summed E-state index contributed by atoms with van der Waals surface area (Å²) in [7, 11) is 1.73. The molecule has 2 atom stereocenters. The zero-order valence-corrected chi connectivity index (χ0v) is 22.8. The normalized spacial score (nSPS) is 21.0. The molecule has 1 amide bonds. The molecule has 0 unspecified atom stereocenters. The maximum atomic E-state index is 13.6. The Morgan fingerprint density at radius 2 is 1.82 bits per heavy atom. The molecule has 1 saturated heterocycles. The Kier molecular flexibility index (Phi) is 9.39. The number of benzene rings is 1. The first-order chi connectivity index (χ1) is 18.1. The van der Waals surface area contributed by atoms with E-state index in [4.69, 9.17) is 32.7 Å². The van der Waals surface area contributed by atoms with Crippen molar-refractivity contribution in [2.75, 3.05) is 20.2 Å². The number of hydrogen-bond donors (Lipinski definition) is 1. The number of alkyl halides is 3. The number of halogens is 5. The van der Waals surface area contributed by atoms with Crippen LogP contribution in [0.1, 0.15) is 66.0 Å². The van der Waals surface area contributed by atoms with Crippen molar-refractivity contribution >= 4 is 29.1 Å². The van der Waals surface area contributed by atoms with Gasteiger partial charge in [-0.2, -0.15) is 18.2 Å². The average molecular weight is 575 g/mol. The molecule has 0 bridgehead atoms. The van der Waals surface area contributed by atoms with E-state index in [-0.39, 0.29) is 47.0 Å². The first kappa shape index (κ1) is 28.9. The molecular weight excluding hydrogens is 544 g/mol. The molecule has 1 saturated carbocycles. The summed E-state index contributed by atoms with van der Waals surface area (Å²) in [5, 5.41) is 4.31. The van der Waals surface area contributed by atoms with Crippen LogP contribution in [0.5, 0.6) is 5.88 Å². The summed E-state index contributed by atoms with van der Waals surface area (Å²) in [6, 6.07) is 5.24. The molecule has 12 heteroatoms. The fourth-order valence-electron chi connectivity index (χ4n) is 5.02. The molecule has 2 heterocycles. The molecule has 1 aliphatic carbocycles. The van der Waals surface area contributed by atoms with Crippen LogP contribution in [0.2, 0.25) is 10.0 Å². The minimum absolute atomic E-state index is 0.111. The van der Waals surface area contributed by atoms with E-state index in [2.05, 4.69) is 15.3 Å². The van der Waals surface area contributed by atoms with Gasteiger partial charge < -0.3 is 19.7 Å². The molecule has 1 aromatic carbocycles. The van der Waals surface area contributed by atoms with E-state index in [1.165, 1.54) is 6.92 Å². The molecule has 208 valence electrons. The van der Waals surface area contributed by atoms with Crippen molar-refractivity contribution in [3.05, 3.63) is 50.9 Å². The minimum atomic E-state index is -4.85. The summed E-state index contributed by atoms with van der Waals surface area (Å²) in [6.07, 6.45) is 1.08. The van der Waals surface area contributed by atoms with Gasteiger partial charge in [0.05, 0.1) is 16.1 Å². The predicted molar refractivity (Wildman–Crippen MR) is 138 cm³/mol. The molecule has 38 heavy (non-hydrogen) atoms. The summed E-state index contributed by atoms with van der Waals surface area (Å²) in [5.41, 5.74) is 0.421. The van der Waals surface area contributed by atoms with E-state index in [9.17, 15) is 18.0 Å². The van der Waals surface area contributed by atoms with E-state index in [0.717, 1.165) is 25.7 Å². The topological polar surface area (TPSA) is 76.6 Å². The molecule has 1 aromatic heterocycles. The van der Waals surface area contributed by atoms with Crippen LogP contribution in [0.3, 0.4) is 0 Å². The SMILES string of the molecule is CO[C@@H]1CCCC[C@@H]1NC1CCN(C(=O)c2nc(C(F)(F)F)nc(OCc3ccc(Cl)c(Cl)c3)c2C)CC1. The minimum Gasteiger partial charge on any atom is -0.472 e. The number of carbonyl (C=O) groups excluding carboxylic acids is 1. The van der Waals surface area contributed by atoms with E-state index >= 15 is 0 Å². The lowest BCUT2D eigenvalue weighted by molar-refractivity contribution is -0.145. The summed E-state index contributed by atoms with van der Waals surface area (Å²) in [5.74, 6) is -2.29. The number of amides is 1. The second kappa shape index (κ2) is 12.4. The van der Waals surface area contributed by atoms with Gasteiger partial charge in [0, 0.05) is 37.8 Å². The Hall–Kier alpha value is -2.14. The van der Waals surface area contributed by atoms with Gasteiger partial charge in [0.15, 0.2) is 0 Å². The van der Waals surface area contributed by atoms with E-state index in [1.54, 1.807) is 30.2 Å². The molecule has 7 nitrogen and oxygen atoms in total. The Labute approximate surface area is 230 Å². The van der Waals surface area contributed by atoms with Crippen molar-refractivity contribution in [2.24, 2.45) is 0 Å². The van der Waals surface area contributed by atoms with E-state index in [1.807, 2.05) is 0 Å². The third kappa shape index (κ3) is 6.89. The standard InChI is InChI=1S/C26H31Cl2F3N4O3/c1-15-22(24(36)35-11-9-17(10-12-35)32-20-5-3-4-6-21(20)37-2)33-25(26(29,30)31)34-23(15)38-14-16-7-8-18(27)19(28)13-16/h7-8,13,17,20-21,32H,3-6,9-12,14H2,1-2H3/t20-,21+/m0/s1. The van der Waals surface area contributed by atoms with Gasteiger partial charge in [0.2, 0.25) is 11.7 Å². The number of ether oxygens (including phenoxy) is 2. The van der Waals surface area contributed by atoms with Crippen LogP contribution < -0.4 is 10.1 Å². The lowest BCUT2D eigenvalue weighted by atomic mass is 9.90. The van der Waals surface area contributed by atoms with Crippen LogP contribution in [0, 0.1) is 6.92 Å². The Morgan fingerprint density at radius 3 is 2.47 bits per heavy atom. The van der Waals surface area contributed by atoms with Gasteiger partial charge in [0.25, 0.3) is 5.91 Å². The maximum absolute atomic E-state index is 13.6. The quantitative estimate of drug-likeness (QED) is 0.447. The van der Waals surface area contributed by atoms with Gasteiger partial charge >= 0.3 is 6.18 Å². The highest BCUT2D eigenvalue weighted by molar-refractivity contribution is 6.42. The summed E-state index contributed by atoms with van der Waals surface area (Å²) < 4.78 is 52.1. The van der Waals surface area contributed by atoms with Crippen molar-refractivity contribution in [2.45, 2.75) is 76.4 Å². The second-order valence-corrected chi connectivity index (χ2v) is 10.6. The van der Waals surface area contributed by atoms with E-state index < -0.39 is 17.9 Å². The number of nitrogens with one attached hydrogen (secondary N) is 1. The van der Waals surface area contributed by atoms with Gasteiger partial charge in [0.1, 0.15) is 12.3 Å². The Bertz CT molecular complexity index is 1140. The highest BCUT2D eigenvalue weighted by Gasteiger charge is 2.38. The number of hydrogen-bond acceptors (Lipinski definition) is 6. The number of likely N-dealkylation sites (tertiary alicyclic amines) is 1. The van der Waals surface area contributed by atoms with Gasteiger partial charge in [-0.25, -0.2) is 4.98 Å². The van der Waals surface area contributed by atoms with Crippen LogP contribution in [0.25, 0.3) is 0 Å². The molecule has 1 aliphatic heterocycles. The monoisotopic (exact) mass is 574 g/mol. The third-order valence-corrected chi connectivity index (χ3v) is 7.89. The number of aromatic nitrogens is 2. The molecule has 4 rings (SSSR count). The van der Waals surface area contributed by atoms with Crippen molar-refractivity contribution in [3.8, 4) is 5.88 Å². The fourth-order valence-corrected chi connectivity index (χ4v) is 5.34. The average Bonchev–Trinajstić information content (AvgIpc) is 2.89. The lowest BCUT2D eigenvalue weighted by Gasteiger charge is -2.38. The van der Waals surface area contributed by atoms with Crippen LogP contribution in [0.4, 0.5) is 13.2 Å². The zero-order valence-electron chi connectivity index (χ0n) is 21.3. The number of carbonyl (C=O) groups is 1. The van der Waals surface area contributed by atoms with Gasteiger partial charge in [-0.05, 0) is 50.3 Å². The first-order valence-corrected chi connectivity index (χ1v) is 13.4. The van der Waals surface area contributed by atoms with E-state index in [0.29, 0.717) is 36.5 Å². The number of nitrogens with zero attached hydrogens (tertiary/aromatic N) is 3. The highest BCUT2D eigenvalue weighted by Crippen LogP contribution is 2.31. The number of rotatable bonds is 7. The van der Waals surface area contributed by atoms with Crippen molar-refractivity contribution in [1.29, 1.82) is 0 Å². The van der Waals surface area contributed by atoms with Crippen LogP contribution in [-0.4, -0.2) is 59.2 Å². The molecule has 2 fully saturated rings. The van der Waals surface area contributed by atoms with Gasteiger partial charge in [-0.15, -0.1) is 0 Å². The van der Waals surface area contributed by atoms with Crippen molar-refractivity contribution < 1.29 is 27.4 Å². The van der Waals surface area contributed by atoms with Gasteiger partial charge in [-0.1, -0.05) is 42.1 Å². The highest BCUT2D eigenvalue weighted by atomic mass is 35.5. The molecular formula is C26H31Cl2F3N4O3. The summed E-state index contributed by atoms with van der Waals surface area (Å²) >= 11 is 11.9. The smallest absolute Gasteiger partial charge is 0.451 e. The summed E-state index contributed by atoms with van der Waals surface area (Å²) in [6.45, 7) is 2.19. The molecule has 1 N–H and O–H groups in total. The summed E-state index contributed by atoms with van der Waals surface area (Å²) in [4.78, 5) is 22.1. The largest absolute Gasteiger partial charge is 0.472 e. The van der Waals surface area contributed by atoms with Gasteiger partial charge in [-0.3, -0.25) is 4.79 Å². The predicted octanol–water partition coefficient (Wildman–Crippen LogP) is 5.84. The lowest BCUT2D eigenvalue weighted by Crippen LogP contribution is -2.52. The third-order valence-electron chi connectivity index (χ3n) is 7.15. The van der Waals surface area contributed by atoms with Crippen molar-refractivity contribution in [3.63, 3.8) is 0 Å². The Morgan fingerprint density at radius 1 is 1.11 bits per heavy atom. The van der Waals surface area contributed by atoms with Crippen LogP contribution in [-0.2, 0) is 17.5 Å². The zero-order chi connectivity index (χ0) is 27.4. The molecule has 2 aromatic rings. The fraction of sp³-hybridized carbons (Fsp3) is 0.577.